The van der Waals surface area contributed by atoms with E-state index in [0.29, 0.717) is 12.8 Å². The summed E-state index contributed by atoms with van der Waals surface area (Å²) in [6.07, 6.45) is 1.57. The number of hydrogen-bond acceptors (Lipinski definition) is 4. The van der Waals surface area contributed by atoms with Gasteiger partial charge in [-0.05, 0) is 31.7 Å². The molecule has 1 amide bonds. The highest BCUT2D eigenvalue weighted by Crippen LogP contribution is 2.21. The van der Waals surface area contributed by atoms with Crippen molar-refractivity contribution in [1.29, 1.82) is 0 Å². The fourth-order valence-electron chi connectivity index (χ4n) is 2.06. The van der Waals surface area contributed by atoms with E-state index in [9.17, 15) is 19.8 Å². The Labute approximate surface area is 130 Å². The molecule has 0 aliphatic rings. The lowest BCUT2D eigenvalue weighted by Gasteiger charge is -2.38. The summed E-state index contributed by atoms with van der Waals surface area (Å²) < 4.78 is 0. The molecule has 0 aliphatic carbocycles. The molecule has 6 heteroatoms. The van der Waals surface area contributed by atoms with Crippen molar-refractivity contribution in [1.82, 2.24) is 5.32 Å². The average molecular weight is 308 g/mol. The monoisotopic (exact) mass is 308 g/mol. The van der Waals surface area contributed by atoms with Gasteiger partial charge in [-0.1, -0.05) is 37.3 Å². The number of carboxylic acid groups (broad SMARTS) is 1. The molecule has 22 heavy (non-hydrogen) atoms. The van der Waals surface area contributed by atoms with Gasteiger partial charge in [-0.2, -0.15) is 0 Å². The predicted octanol–water partition coefficient (Wildman–Crippen LogP) is 1.03. The average Bonchev–Trinajstić information content (AvgIpc) is 2.47. The number of hydrogen-bond donors (Lipinski definition) is 4. The summed E-state index contributed by atoms with van der Waals surface area (Å²) in [6, 6.07) is 9.66. The fourth-order valence-corrected chi connectivity index (χ4v) is 2.06. The van der Waals surface area contributed by atoms with Crippen LogP contribution in [0.2, 0.25) is 0 Å². The molecule has 1 rings (SSSR count). The molecule has 0 saturated carbocycles. The summed E-state index contributed by atoms with van der Waals surface area (Å²) in [4.78, 5) is 23.2. The number of carbonyl (C=O) groups excluding carboxylic acids is 1. The van der Waals surface area contributed by atoms with Crippen LogP contribution in [0.4, 0.5) is 0 Å². The van der Waals surface area contributed by atoms with Crippen LogP contribution < -0.4 is 11.1 Å². The van der Waals surface area contributed by atoms with Crippen molar-refractivity contribution in [3.05, 3.63) is 35.9 Å². The minimum absolute atomic E-state index is 0.115. The number of benzene rings is 1. The zero-order valence-corrected chi connectivity index (χ0v) is 13.0. The molecule has 0 unspecified atom stereocenters. The minimum atomic E-state index is -2.48. The Morgan fingerprint density at radius 1 is 1.27 bits per heavy atom. The lowest BCUT2D eigenvalue weighted by Crippen LogP contribution is -2.71. The highest BCUT2D eigenvalue weighted by atomic mass is 16.4. The van der Waals surface area contributed by atoms with Crippen molar-refractivity contribution >= 4 is 11.9 Å². The van der Waals surface area contributed by atoms with E-state index in [4.69, 9.17) is 5.73 Å². The second kappa shape index (κ2) is 7.38. The molecular formula is C16H24N2O4. The lowest BCUT2D eigenvalue weighted by molar-refractivity contribution is -0.175. The van der Waals surface area contributed by atoms with Gasteiger partial charge in [-0.15, -0.1) is 0 Å². The molecule has 0 radical (unpaired) electrons. The number of aliphatic carboxylic acids is 1. The van der Waals surface area contributed by atoms with Gasteiger partial charge >= 0.3 is 5.97 Å². The summed E-state index contributed by atoms with van der Waals surface area (Å²) in [7, 11) is 0. The first-order valence-corrected chi connectivity index (χ1v) is 7.32. The van der Waals surface area contributed by atoms with Crippen LogP contribution >= 0.6 is 0 Å². The summed E-state index contributed by atoms with van der Waals surface area (Å²) in [5.74, 6) is -2.10. The second-order valence-corrected chi connectivity index (χ2v) is 5.67. The SMILES string of the molecule is CC[C@@](C)(N)[C@@](O)(NC(=O)CCCc1ccccc1)C(=O)O. The van der Waals surface area contributed by atoms with Crippen molar-refractivity contribution < 1.29 is 19.8 Å². The van der Waals surface area contributed by atoms with Crippen molar-refractivity contribution in [2.75, 3.05) is 0 Å². The Balaban J connectivity index is 2.60. The first-order chi connectivity index (χ1) is 10.2. The van der Waals surface area contributed by atoms with Crippen molar-refractivity contribution in [3.63, 3.8) is 0 Å². The largest absolute Gasteiger partial charge is 0.478 e. The molecule has 2 atom stereocenters. The predicted molar refractivity (Wildman–Crippen MR) is 83.0 cm³/mol. The number of nitrogens with two attached hydrogens (primary N) is 1. The minimum Gasteiger partial charge on any atom is -0.478 e. The van der Waals surface area contributed by atoms with Gasteiger partial charge in [0, 0.05) is 6.42 Å². The van der Waals surface area contributed by atoms with Gasteiger partial charge in [0.1, 0.15) is 0 Å². The van der Waals surface area contributed by atoms with Crippen LogP contribution in [0, 0.1) is 0 Å². The molecule has 0 spiro atoms. The van der Waals surface area contributed by atoms with E-state index in [1.807, 2.05) is 30.3 Å². The number of aryl methyl sites for hydroxylation is 1. The number of rotatable bonds is 8. The van der Waals surface area contributed by atoms with Gasteiger partial charge in [0.2, 0.25) is 5.91 Å². The Morgan fingerprint density at radius 2 is 1.86 bits per heavy atom. The molecule has 0 heterocycles. The van der Waals surface area contributed by atoms with Gasteiger partial charge in [0.25, 0.3) is 5.72 Å². The summed E-state index contributed by atoms with van der Waals surface area (Å²) in [6.45, 7) is 3.04. The number of carbonyl (C=O) groups is 2. The first-order valence-electron chi connectivity index (χ1n) is 7.32. The van der Waals surface area contributed by atoms with Crippen molar-refractivity contribution in [2.45, 2.75) is 50.8 Å². The van der Waals surface area contributed by atoms with Crippen LogP contribution in [0.1, 0.15) is 38.7 Å². The van der Waals surface area contributed by atoms with E-state index in [2.05, 4.69) is 5.32 Å². The second-order valence-electron chi connectivity index (χ2n) is 5.67. The molecule has 1 aromatic carbocycles. The number of amides is 1. The van der Waals surface area contributed by atoms with Crippen molar-refractivity contribution in [2.24, 2.45) is 5.73 Å². The summed E-state index contributed by atoms with van der Waals surface area (Å²) in [5.41, 5.74) is 2.97. The smallest absolute Gasteiger partial charge is 0.359 e. The third-order valence-electron chi connectivity index (χ3n) is 3.90. The zero-order chi connectivity index (χ0) is 16.8. The highest BCUT2D eigenvalue weighted by Gasteiger charge is 2.51. The molecule has 0 fully saturated rings. The zero-order valence-electron chi connectivity index (χ0n) is 13.0. The Bertz CT molecular complexity index is 516. The third kappa shape index (κ3) is 4.29. The van der Waals surface area contributed by atoms with E-state index >= 15 is 0 Å². The molecule has 6 nitrogen and oxygen atoms in total. The number of nitrogens with one attached hydrogen (secondary N) is 1. The van der Waals surface area contributed by atoms with Gasteiger partial charge in [-0.25, -0.2) is 4.79 Å². The van der Waals surface area contributed by atoms with Crippen LogP contribution in [0.5, 0.6) is 0 Å². The maximum absolute atomic E-state index is 11.9. The molecule has 0 aliphatic heterocycles. The first kappa shape index (κ1) is 18.1. The normalized spacial score (nSPS) is 16.4. The van der Waals surface area contributed by atoms with E-state index in [0.717, 1.165) is 5.56 Å². The molecule has 122 valence electrons. The van der Waals surface area contributed by atoms with E-state index in [1.165, 1.54) is 6.92 Å². The molecule has 0 aromatic heterocycles. The van der Waals surface area contributed by atoms with Crippen molar-refractivity contribution in [3.8, 4) is 0 Å². The maximum atomic E-state index is 11.9. The Hall–Kier alpha value is -1.92. The van der Waals surface area contributed by atoms with Crippen LogP contribution in [0.15, 0.2) is 30.3 Å². The standard InChI is InChI=1S/C16H24N2O4/c1-3-15(2,17)16(22,14(20)21)18-13(19)11-7-10-12-8-5-4-6-9-12/h4-6,8-9,22H,3,7,10-11,17H2,1-2H3,(H,18,19)(H,20,21)/t15-,16-/m1/s1. The number of aliphatic hydroxyl groups is 1. The van der Waals surface area contributed by atoms with Gasteiger partial charge in [0.05, 0.1) is 5.54 Å². The topological polar surface area (TPSA) is 113 Å². The van der Waals surface area contributed by atoms with Crippen LogP contribution in [-0.2, 0) is 16.0 Å². The Kier molecular flexibility index (Phi) is 6.08. The highest BCUT2D eigenvalue weighted by molar-refractivity contribution is 5.86. The van der Waals surface area contributed by atoms with Gasteiger partial charge in [-0.3, -0.25) is 4.79 Å². The quantitative estimate of drug-likeness (QED) is 0.536. The molecular weight excluding hydrogens is 284 g/mol. The van der Waals surface area contributed by atoms with Gasteiger partial charge < -0.3 is 21.3 Å². The molecule has 1 aromatic rings. The number of carboxylic acids is 1. The third-order valence-corrected chi connectivity index (χ3v) is 3.90. The molecule has 5 N–H and O–H groups in total. The summed E-state index contributed by atoms with van der Waals surface area (Å²) >= 11 is 0. The summed E-state index contributed by atoms with van der Waals surface area (Å²) in [5, 5.41) is 21.6. The Morgan fingerprint density at radius 3 is 2.36 bits per heavy atom. The van der Waals surface area contributed by atoms with E-state index in [1.54, 1.807) is 6.92 Å². The molecule has 0 bridgehead atoms. The van der Waals surface area contributed by atoms with E-state index in [-0.39, 0.29) is 12.8 Å². The fraction of sp³-hybridized carbons (Fsp3) is 0.500. The lowest BCUT2D eigenvalue weighted by atomic mass is 9.86. The molecule has 0 saturated heterocycles. The van der Waals surface area contributed by atoms with Crippen LogP contribution in [0.25, 0.3) is 0 Å². The van der Waals surface area contributed by atoms with Crippen LogP contribution in [-0.4, -0.2) is 33.4 Å². The van der Waals surface area contributed by atoms with Gasteiger partial charge in [0.15, 0.2) is 0 Å². The van der Waals surface area contributed by atoms with Crippen LogP contribution in [0.3, 0.4) is 0 Å². The maximum Gasteiger partial charge on any atom is 0.359 e. The van der Waals surface area contributed by atoms with E-state index < -0.39 is 23.1 Å².